The first kappa shape index (κ1) is 13.6. The highest BCUT2D eigenvalue weighted by molar-refractivity contribution is 5.61. The fourth-order valence-corrected chi connectivity index (χ4v) is 1.66. The molecular formula is C13H22N2O2. The van der Waals surface area contributed by atoms with Gasteiger partial charge in [0, 0.05) is 24.4 Å². The smallest absolute Gasteiger partial charge is 0.144 e. The Morgan fingerprint density at radius 1 is 1.47 bits per heavy atom. The van der Waals surface area contributed by atoms with Crippen molar-refractivity contribution in [2.75, 3.05) is 24.3 Å². The lowest BCUT2D eigenvalue weighted by Crippen LogP contribution is -2.15. The second kappa shape index (κ2) is 7.01. The van der Waals surface area contributed by atoms with Gasteiger partial charge in [-0.05, 0) is 38.8 Å². The molecule has 1 aromatic rings. The summed E-state index contributed by atoms with van der Waals surface area (Å²) >= 11 is 0. The zero-order valence-corrected chi connectivity index (χ0v) is 10.6. The van der Waals surface area contributed by atoms with Gasteiger partial charge in [-0.2, -0.15) is 0 Å². The van der Waals surface area contributed by atoms with E-state index in [1.54, 1.807) is 0 Å². The summed E-state index contributed by atoms with van der Waals surface area (Å²) in [5.41, 5.74) is 7.45. The number of hydrogen-bond acceptors (Lipinski definition) is 4. The molecule has 0 spiro atoms. The number of nitrogens with two attached hydrogens (primary N) is 1. The molecular weight excluding hydrogens is 216 g/mol. The molecule has 1 aromatic carbocycles. The summed E-state index contributed by atoms with van der Waals surface area (Å²) in [6, 6.07) is 6.01. The third-order valence-corrected chi connectivity index (χ3v) is 2.52. The van der Waals surface area contributed by atoms with Crippen LogP contribution >= 0.6 is 0 Å². The molecule has 0 amide bonds. The predicted octanol–water partition coefficient (Wildman–Crippen LogP) is 2.24. The number of ether oxygens (including phenoxy) is 1. The first-order chi connectivity index (χ1) is 8.17. The Balaban J connectivity index is 2.61. The largest absolute Gasteiger partial charge is 0.492 e. The van der Waals surface area contributed by atoms with Gasteiger partial charge in [0.05, 0.1) is 12.3 Å². The molecule has 4 nitrogen and oxygen atoms in total. The molecule has 1 unspecified atom stereocenters. The Hall–Kier alpha value is -1.42. The van der Waals surface area contributed by atoms with Gasteiger partial charge in [0.2, 0.25) is 0 Å². The highest BCUT2D eigenvalue weighted by Gasteiger charge is 2.05. The normalized spacial score (nSPS) is 12.2. The number of aliphatic hydroxyl groups excluding tert-OH is 1. The van der Waals surface area contributed by atoms with Gasteiger partial charge >= 0.3 is 0 Å². The van der Waals surface area contributed by atoms with Crippen LogP contribution in [0.3, 0.4) is 0 Å². The van der Waals surface area contributed by atoms with Crippen molar-refractivity contribution in [3.05, 3.63) is 18.2 Å². The van der Waals surface area contributed by atoms with Crippen molar-refractivity contribution in [2.45, 2.75) is 32.7 Å². The maximum Gasteiger partial charge on any atom is 0.144 e. The van der Waals surface area contributed by atoms with E-state index in [4.69, 9.17) is 15.6 Å². The number of rotatable bonds is 7. The number of aliphatic hydroxyl groups is 1. The van der Waals surface area contributed by atoms with E-state index in [0.29, 0.717) is 24.1 Å². The molecule has 17 heavy (non-hydrogen) atoms. The lowest BCUT2D eigenvalue weighted by Gasteiger charge is -2.16. The minimum absolute atomic E-state index is 0.234. The SMILES string of the molecule is CCOc1cc(NC(C)CCCO)ccc1N. The van der Waals surface area contributed by atoms with Crippen molar-refractivity contribution in [1.82, 2.24) is 0 Å². The minimum atomic E-state index is 0.234. The van der Waals surface area contributed by atoms with Crippen molar-refractivity contribution in [3.8, 4) is 5.75 Å². The topological polar surface area (TPSA) is 67.5 Å². The maximum atomic E-state index is 8.77. The number of nitrogens with one attached hydrogen (secondary N) is 1. The van der Waals surface area contributed by atoms with Gasteiger partial charge in [-0.15, -0.1) is 0 Å². The molecule has 4 N–H and O–H groups in total. The number of benzene rings is 1. The highest BCUT2D eigenvalue weighted by Crippen LogP contribution is 2.26. The van der Waals surface area contributed by atoms with Crippen LogP contribution in [0.2, 0.25) is 0 Å². The van der Waals surface area contributed by atoms with Crippen molar-refractivity contribution >= 4 is 11.4 Å². The molecule has 4 heteroatoms. The molecule has 0 radical (unpaired) electrons. The molecule has 0 heterocycles. The van der Waals surface area contributed by atoms with Crippen LogP contribution in [0.25, 0.3) is 0 Å². The van der Waals surface area contributed by atoms with E-state index < -0.39 is 0 Å². The molecule has 0 bridgehead atoms. The number of nitrogen functional groups attached to an aromatic ring is 1. The molecule has 0 aliphatic rings. The molecule has 0 fully saturated rings. The molecule has 0 saturated heterocycles. The van der Waals surface area contributed by atoms with Crippen LogP contribution in [0.1, 0.15) is 26.7 Å². The summed E-state index contributed by atoms with van der Waals surface area (Å²) in [7, 11) is 0. The Morgan fingerprint density at radius 3 is 2.88 bits per heavy atom. The van der Waals surface area contributed by atoms with E-state index in [-0.39, 0.29) is 6.61 Å². The van der Waals surface area contributed by atoms with E-state index >= 15 is 0 Å². The molecule has 0 aliphatic heterocycles. The van der Waals surface area contributed by atoms with Gasteiger partial charge in [-0.3, -0.25) is 0 Å². The summed E-state index contributed by atoms with van der Waals surface area (Å²) in [5, 5.41) is 12.1. The Bertz CT molecular complexity index is 342. The summed E-state index contributed by atoms with van der Waals surface area (Å²) in [6.07, 6.45) is 1.74. The van der Waals surface area contributed by atoms with E-state index in [1.807, 2.05) is 25.1 Å². The van der Waals surface area contributed by atoms with E-state index in [2.05, 4.69) is 12.2 Å². The molecule has 0 saturated carbocycles. The highest BCUT2D eigenvalue weighted by atomic mass is 16.5. The standard InChI is InChI=1S/C13H22N2O2/c1-3-17-13-9-11(6-7-12(13)14)15-10(2)5-4-8-16/h6-7,9-10,15-16H,3-5,8,14H2,1-2H3. The monoisotopic (exact) mass is 238 g/mol. The lowest BCUT2D eigenvalue weighted by molar-refractivity contribution is 0.282. The average molecular weight is 238 g/mol. The summed E-state index contributed by atoms with van der Waals surface area (Å²) < 4.78 is 5.44. The summed E-state index contributed by atoms with van der Waals surface area (Å²) in [6.45, 7) is 4.86. The van der Waals surface area contributed by atoms with Gasteiger partial charge in [0.1, 0.15) is 5.75 Å². The van der Waals surface area contributed by atoms with Crippen molar-refractivity contribution in [3.63, 3.8) is 0 Å². The van der Waals surface area contributed by atoms with Gasteiger partial charge < -0.3 is 20.9 Å². The fraction of sp³-hybridized carbons (Fsp3) is 0.538. The Kier molecular flexibility index (Phi) is 5.63. The van der Waals surface area contributed by atoms with Gasteiger partial charge in [-0.25, -0.2) is 0 Å². The Morgan fingerprint density at radius 2 is 2.24 bits per heavy atom. The zero-order valence-electron chi connectivity index (χ0n) is 10.6. The van der Waals surface area contributed by atoms with Crippen molar-refractivity contribution in [1.29, 1.82) is 0 Å². The van der Waals surface area contributed by atoms with Gasteiger partial charge in [-0.1, -0.05) is 0 Å². The fourth-order valence-electron chi connectivity index (χ4n) is 1.66. The van der Waals surface area contributed by atoms with Crippen LogP contribution in [-0.4, -0.2) is 24.4 Å². The van der Waals surface area contributed by atoms with Crippen molar-refractivity contribution < 1.29 is 9.84 Å². The molecule has 0 aromatic heterocycles. The second-order valence-electron chi connectivity index (χ2n) is 4.10. The lowest BCUT2D eigenvalue weighted by atomic mass is 10.1. The van der Waals surface area contributed by atoms with Crippen LogP contribution < -0.4 is 15.8 Å². The average Bonchev–Trinajstić information content (AvgIpc) is 2.31. The first-order valence-corrected chi connectivity index (χ1v) is 6.07. The Labute approximate surface area is 103 Å². The van der Waals surface area contributed by atoms with E-state index in [9.17, 15) is 0 Å². The third kappa shape index (κ3) is 4.53. The van der Waals surface area contributed by atoms with Crippen LogP contribution in [0.4, 0.5) is 11.4 Å². The van der Waals surface area contributed by atoms with Crippen molar-refractivity contribution in [2.24, 2.45) is 0 Å². The predicted molar refractivity (Wildman–Crippen MR) is 71.4 cm³/mol. The molecule has 1 atom stereocenters. The molecule has 0 aliphatic carbocycles. The molecule has 1 rings (SSSR count). The van der Waals surface area contributed by atoms with Gasteiger partial charge in [0.25, 0.3) is 0 Å². The number of anilines is 2. The minimum Gasteiger partial charge on any atom is -0.492 e. The zero-order chi connectivity index (χ0) is 12.7. The first-order valence-electron chi connectivity index (χ1n) is 6.07. The van der Waals surface area contributed by atoms with Crippen LogP contribution in [-0.2, 0) is 0 Å². The van der Waals surface area contributed by atoms with Crippen LogP contribution in [0, 0.1) is 0 Å². The second-order valence-corrected chi connectivity index (χ2v) is 4.10. The quantitative estimate of drug-likeness (QED) is 0.637. The van der Waals surface area contributed by atoms with E-state index in [0.717, 1.165) is 18.5 Å². The van der Waals surface area contributed by atoms with E-state index in [1.165, 1.54) is 0 Å². The summed E-state index contributed by atoms with van der Waals surface area (Å²) in [5.74, 6) is 0.715. The van der Waals surface area contributed by atoms with Crippen LogP contribution in [0.5, 0.6) is 5.75 Å². The van der Waals surface area contributed by atoms with Crippen LogP contribution in [0.15, 0.2) is 18.2 Å². The summed E-state index contributed by atoms with van der Waals surface area (Å²) in [4.78, 5) is 0. The molecule has 96 valence electrons. The maximum absolute atomic E-state index is 8.77. The number of hydrogen-bond donors (Lipinski definition) is 3. The third-order valence-electron chi connectivity index (χ3n) is 2.52. The van der Waals surface area contributed by atoms with Gasteiger partial charge in [0.15, 0.2) is 0 Å².